The van der Waals surface area contributed by atoms with Crippen molar-refractivity contribution in [2.75, 3.05) is 19.1 Å². The zero-order chi connectivity index (χ0) is 13.0. The van der Waals surface area contributed by atoms with Gasteiger partial charge in [-0.3, -0.25) is 0 Å². The Morgan fingerprint density at radius 2 is 2.11 bits per heavy atom. The van der Waals surface area contributed by atoms with Crippen LogP contribution in [-0.2, 0) is 5.75 Å². The van der Waals surface area contributed by atoms with Crippen molar-refractivity contribution in [2.24, 2.45) is 0 Å². The first-order chi connectivity index (χ1) is 8.72. The Balaban J connectivity index is 2.05. The van der Waals surface area contributed by atoms with E-state index in [0.29, 0.717) is 5.69 Å². The van der Waals surface area contributed by atoms with Gasteiger partial charge in [0, 0.05) is 23.1 Å². The monoisotopic (exact) mass is 299 g/mol. The maximum absolute atomic E-state index is 5.72. The molecule has 18 heavy (non-hydrogen) atoms. The van der Waals surface area contributed by atoms with Crippen LogP contribution in [0.2, 0.25) is 0 Å². The van der Waals surface area contributed by atoms with Crippen LogP contribution in [0.5, 0.6) is 5.75 Å². The summed E-state index contributed by atoms with van der Waals surface area (Å²) in [4.78, 5) is 0. The Morgan fingerprint density at radius 1 is 1.33 bits per heavy atom. The standard InChI is InChI=1S/C11H13N3OS3/c1-15-9-5-8(12)4-3-7(9)6-17-11-14-13-10(16-2)18-11/h3-5H,6,12H2,1-2H3. The summed E-state index contributed by atoms with van der Waals surface area (Å²) in [5, 5.41) is 8.18. The minimum Gasteiger partial charge on any atom is -0.496 e. The van der Waals surface area contributed by atoms with E-state index in [2.05, 4.69) is 10.2 Å². The molecule has 7 heteroatoms. The molecule has 4 nitrogen and oxygen atoms in total. The third-order valence-corrected chi connectivity index (χ3v) is 5.31. The molecule has 0 fully saturated rings. The summed E-state index contributed by atoms with van der Waals surface area (Å²) in [5.74, 6) is 1.61. The maximum atomic E-state index is 5.72. The molecule has 0 aliphatic carbocycles. The van der Waals surface area contributed by atoms with E-state index in [9.17, 15) is 0 Å². The van der Waals surface area contributed by atoms with Crippen molar-refractivity contribution < 1.29 is 4.74 Å². The van der Waals surface area contributed by atoms with Gasteiger partial charge in [-0.05, 0) is 12.3 Å². The number of nitrogen functional groups attached to an aromatic ring is 1. The van der Waals surface area contributed by atoms with Gasteiger partial charge in [0.1, 0.15) is 5.75 Å². The smallest absolute Gasteiger partial charge is 0.175 e. The number of thioether (sulfide) groups is 2. The number of benzene rings is 1. The molecule has 0 aliphatic heterocycles. The number of hydrogen-bond acceptors (Lipinski definition) is 7. The average molecular weight is 299 g/mol. The number of anilines is 1. The summed E-state index contributed by atoms with van der Waals surface area (Å²) in [6.45, 7) is 0. The third kappa shape index (κ3) is 3.30. The van der Waals surface area contributed by atoms with E-state index in [-0.39, 0.29) is 0 Å². The van der Waals surface area contributed by atoms with Crippen LogP contribution in [0.3, 0.4) is 0 Å². The van der Waals surface area contributed by atoms with Crippen LogP contribution in [0.25, 0.3) is 0 Å². The lowest BCUT2D eigenvalue weighted by Gasteiger charge is -2.07. The van der Waals surface area contributed by atoms with Crippen LogP contribution in [-0.4, -0.2) is 23.6 Å². The molecule has 1 aromatic heterocycles. The normalized spacial score (nSPS) is 10.6. The topological polar surface area (TPSA) is 61.0 Å². The summed E-state index contributed by atoms with van der Waals surface area (Å²) < 4.78 is 7.27. The van der Waals surface area contributed by atoms with Crippen molar-refractivity contribution in [2.45, 2.75) is 14.4 Å². The highest BCUT2D eigenvalue weighted by molar-refractivity contribution is 8.02. The van der Waals surface area contributed by atoms with Crippen LogP contribution < -0.4 is 10.5 Å². The molecule has 0 atom stereocenters. The minimum absolute atomic E-state index is 0.709. The molecule has 2 rings (SSSR count). The second-order valence-electron chi connectivity index (χ2n) is 3.40. The molecule has 0 bridgehead atoms. The van der Waals surface area contributed by atoms with Crippen LogP contribution in [0.4, 0.5) is 5.69 Å². The molecule has 2 aromatic rings. The van der Waals surface area contributed by atoms with Crippen molar-refractivity contribution >= 4 is 40.5 Å². The molecule has 0 spiro atoms. The van der Waals surface area contributed by atoms with Crippen molar-refractivity contribution in [1.82, 2.24) is 10.2 Å². The molecule has 0 unspecified atom stereocenters. The fourth-order valence-corrected chi connectivity index (χ4v) is 3.79. The largest absolute Gasteiger partial charge is 0.496 e. The van der Waals surface area contributed by atoms with Gasteiger partial charge < -0.3 is 10.5 Å². The quantitative estimate of drug-likeness (QED) is 0.676. The Hall–Kier alpha value is -0.920. The number of rotatable bonds is 5. The van der Waals surface area contributed by atoms with Gasteiger partial charge in [0.25, 0.3) is 0 Å². The molecule has 2 N–H and O–H groups in total. The van der Waals surface area contributed by atoms with E-state index in [0.717, 1.165) is 25.7 Å². The van der Waals surface area contributed by atoms with Gasteiger partial charge in [-0.1, -0.05) is 40.9 Å². The van der Waals surface area contributed by atoms with Gasteiger partial charge in [-0.2, -0.15) is 0 Å². The molecular formula is C11H13N3OS3. The number of aromatic nitrogens is 2. The number of nitrogens with two attached hydrogens (primary N) is 1. The zero-order valence-corrected chi connectivity index (χ0v) is 12.5. The maximum Gasteiger partial charge on any atom is 0.175 e. The van der Waals surface area contributed by atoms with Crippen molar-refractivity contribution in [3.63, 3.8) is 0 Å². The molecule has 0 amide bonds. The summed E-state index contributed by atoms with van der Waals surface area (Å²) in [5.41, 5.74) is 7.54. The molecular weight excluding hydrogens is 286 g/mol. The molecule has 0 saturated carbocycles. The van der Waals surface area contributed by atoms with Crippen molar-refractivity contribution in [1.29, 1.82) is 0 Å². The lowest BCUT2D eigenvalue weighted by Crippen LogP contribution is -1.93. The lowest BCUT2D eigenvalue weighted by molar-refractivity contribution is 0.411. The van der Waals surface area contributed by atoms with Crippen LogP contribution in [0.15, 0.2) is 26.9 Å². The predicted molar refractivity (Wildman–Crippen MR) is 78.7 cm³/mol. The van der Waals surface area contributed by atoms with Gasteiger partial charge >= 0.3 is 0 Å². The van der Waals surface area contributed by atoms with Crippen LogP contribution >= 0.6 is 34.9 Å². The van der Waals surface area contributed by atoms with E-state index in [4.69, 9.17) is 10.5 Å². The lowest BCUT2D eigenvalue weighted by atomic mass is 10.2. The minimum atomic E-state index is 0.709. The second kappa shape index (κ2) is 6.31. The first kappa shape index (κ1) is 13.5. The summed E-state index contributed by atoms with van der Waals surface area (Å²) in [6, 6.07) is 5.70. The van der Waals surface area contributed by atoms with Gasteiger partial charge in [-0.15, -0.1) is 10.2 Å². The average Bonchev–Trinajstić information content (AvgIpc) is 2.85. The number of hydrogen-bond donors (Lipinski definition) is 1. The van der Waals surface area contributed by atoms with Gasteiger partial charge in [-0.25, -0.2) is 0 Å². The van der Waals surface area contributed by atoms with E-state index in [1.807, 2.05) is 24.5 Å². The van der Waals surface area contributed by atoms with Crippen LogP contribution in [0, 0.1) is 0 Å². The van der Waals surface area contributed by atoms with Crippen molar-refractivity contribution in [3.8, 4) is 5.75 Å². The van der Waals surface area contributed by atoms with Gasteiger partial charge in [0.2, 0.25) is 0 Å². The molecule has 1 aromatic carbocycles. The van der Waals surface area contributed by atoms with E-state index >= 15 is 0 Å². The first-order valence-electron chi connectivity index (χ1n) is 5.15. The van der Waals surface area contributed by atoms with Gasteiger partial charge in [0.05, 0.1) is 7.11 Å². The number of methoxy groups -OCH3 is 1. The molecule has 0 saturated heterocycles. The fourth-order valence-electron chi connectivity index (χ4n) is 1.36. The molecule has 96 valence electrons. The third-order valence-electron chi connectivity index (χ3n) is 2.22. The Kier molecular flexibility index (Phi) is 4.73. The summed E-state index contributed by atoms with van der Waals surface area (Å²) >= 11 is 4.87. The number of ether oxygens (including phenoxy) is 1. The Bertz CT molecular complexity index is 530. The molecule has 0 radical (unpaired) electrons. The molecule has 1 heterocycles. The highest BCUT2D eigenvalue weighted by Gasteiger charge is 2.07. The summed E-state index contributed by atoms with van der Waals surface area (Å²) in [7, 11) is 1.65. The SMILES string of the molecule is COc1cc(N)ccc1CSc1nnc(SC)s1. The highest BCUT2D eigenvalue weighted by atomic mass is 32.2. The highest BCUT2D eigenvalue weighted by Crippen LogP contribution is 2.32. The second-order valence-corrected chi connectivity index (χ2v) is 6.65. The predicted octanol–water partition coefficient (Wildman–Crippen LogP) is 3.14. The summed E-state index contributed by atoms with van der Waals surface area (Å²) in [6.07, 6.45) is 2.00. The van der Waals surface area contributed by atoms with Gasteiger partial charge in [0.15, 0.2) is 8.68 Å². The number of nitrogens with zero attached hydrogens (tertiary/aromatic N) is 2. The van der Waals surface area contributed by atoms with Crippen molar-refractivity contribution in [3.05, 3.63) is 23.8 Å². The van der Waals surface area contributed by atoms with E-state index in [1.165, 1.54) is 0 Å². The zero-order valence-electron chi connectivity index (χ0n) is 10.0. The van der Waals surface area contributed by atoms with Crippen LogP contribution in [0.1, 0.15) is 5.56 Å². The Morgan fingerprint density at radius 3 is 2.78 bits per heavy atom. The Labute approximate surface area is 118 Å². The molecule has 0 aliphatic rings. The van der Waals surface area contributed by atoms with E-state index in [1.54, 1.807) is 42.0 Å². The fraction of sp³-hybridized carbons (Fsp3) is 0.273. The first-order valence-corrected chi connectivity index (χ1v) is 8.18. The van der Waals surface area contributed by atoms with E-state index < -0.39 is 0 Å².